The van der Waals surface area contributed by atoms with Crippen LogP contribution in [0.2, 0.25) is 0 Å². The molecule has 3 aliphatic rings. The van der Waals surface area contributed by atoms with E-state index in [9.17, 15) is 0 Å². The lowest BCUT2D eigenvalue weighted by Gasteiger charge is -2.50. The molecule has 1 fully saturated rings. The molecule has 0 bridgehead atoms. The highest BCUT2D eigenvalue weighted by Crippen LogP contribution is 2.51. The summed E-state index contributed by atoms with van der Waals surface area (Å²) in [5.74, 6) is 1.73. The number of ether oxygens (including phenoxy) is 1. The van der Waals surface area contributed by atoms with Crippen molar-refractivity contribution in [1.29, 1.82) is 0 Å². The molecule has 2 aromatic carbocycles. The Hall–Kier alpha value is -2.29. The van der Waals surface area contributed by atoms with Gasteiger partial charge < -0.3 is 4.74 Å². The van der Waals surface area contributed by atoms with E-state index in [0.29, 0.717) is 12.0 Å². The first-order valence-corrected chi connectivity index (χ1v) is 9.45. The number of hydrogen-bond donors (Lipinski definition) is 0. The maximum absolute atomic E-state index is 6.65. The minimum absolute atomic E-state index is 0.271. The van der Waals surface area contributed by atoms with Crippen LogP contribution in [0.5, 0.6) is 5.75 Å². The lowest BCUT2D eigenvalue weighted by Crippen LogP contribution is -2.55. The number of fused-ring (bicyclic) bond motifs is 4. The number of para-hydroxylation sites is 1. The minimum Gasteiger partial charge on any atom is -0.466 e. The zero-order valence-electron chi connectivity index (χ0n) is 14.7. The number of hydrogen-bond acceptors (Lipinski definition) is 3. The Labute approximate surface area is 149 Å². The van der Waals surface area contributed by atoms with Gasteiger partial charge in [-0.3, -0.25) is 0 Å². The second-order valence-corrected chi connectivity index (χ2v) is 7.76. The molecule has 0 radical (unpaired) electrons. The van der Waals surface area contributed by atoms with Crippen LogP contribution in [0.15, 0.2) is 59.7 Å². The zero-order valence-corrected chi connectivity index (χ0v) is 14.7. The first kappa shape index (κ1) is 15.0. The van der Waals surface area contributed by atoms with Gasteiger partial charge in [0.2, 0.25) is 0 Å². The fourth-order valence-corrected chi connectivity index (χ4v) is 4.81. The molecule has 0 aromatic heterocycles. The van der Waals surface area contributed by atoms with Crippen molar-refractivity contribution in [3.8, 4) is 5.75 Å². The molecule has 25 heavy (non-hydrogen) atoms. The standard InChI is InChI=1S/C22H24N2O/c1-16-8-7-13-22(15-16)24-20(18-11-5-6-12-21(18)25-22)14-19(23-24)17-9-3-2-4-10-17/h2-6,9-12,16,20H,7-8,13-15H2,1H3/t16-,20+,22-/m1/s1. The molecular weight excluding hydrogens is 308 g/mol. The van der Waals surface area contributed by atoms with Gasteiger partial charge in [0.15, 0.2) is 5.72 Å². The van der Waals surface area contributed by atoms with Crippen LogP contribution in [0, 0.1) is 5.92 Å². The Morgan fingerprint density at radius 1 is 1.08 bits per heavy atom. The van der Waals surface area contributed by atoms with E-state index in [1.54, 1.807) is 0 Å². The van der Waals surface area contributed by atoms with E-state index in [4.69, 9.17) is 9.84 Å². The molecule has 2 aliphatic heterocycles. The number of benzene rings is 2. The third-order valence-corrected chi connectivity index (χ3v) is 5.94. The SMILES string of the molecule is C[C@@H]1CCC[C@]2(C1)Oc1ccccc1[C@@H]1CC(c3ccccc3)=NN12. The van der Waals surface area contributed by atoms with E-state index in [1.165, 1.54) is 29.7 Å². The quantitative estimate of drug-likeness (QED) is 0.722. The highest BCUT2D eigenvalue weighted by molar-refractivity contribution is 6.01. The van der Waals surface area contributed by atoms with Crippen LogP contribution in [0.4, 0.5) is 0 Å². The Kier molecular flexibility index (Phi) is 3.37. The van der Waals surface area contributed by atoms with Gasteiger partial charge >= 0.3 is 0 Å². The van der Waals surface area contributed by atoms with Crippen molar-refractivity contribution in [1.82, 2.24) is 5.01 Å². The lowest BCUT2D eigenvalue weighted by molar-refractivity contribution is -0.149. The summed E-state index contributed by atoms with van der Waals surface area (Å²) in [6.45, 7) is 2.34. The van der Waals surface area contributed by atoms with Crippen molar-refractivity contribution in [3.63, 3.8) is 0 Å². The number of hydrazone groups is 1. The van der Waals surface area contributed by atoms with Crippen LogP contribution in [0.3, 0.4) is 0 Å². The van der Waals surface area contributed by atoms with Crippen molar-refractivity contribution in [2.75, 3.05) is 0 Å². The predicted octanol–water partition coefficient (Wildman–Crippen LogP) is 5.14. The summed E-state index contributed by atoms with van der Waals surface area (Å²) >= 11 is 0. The number of nitrogens with zero attached hydrogens (tertiary/aromatic N) is 2. The molecule has 0 amide bonds. The molecule has 3 nitrogen and oxygen atoms in total. The molecule has 1 spiro atoms. The Morgan fingerprint density at radius 2 is 1.88 bits per heavy atom. The van der Waals surface area contributed by atoms with Gasteiger partial charge in [-0.25, -0.2) is 5.01 Å². The van der Waals surface area contributed by atoms with Gasteiger partial charge in [-0.05, 0) is 24.0 Å². The monoisotopic (exact) mass is 332 g/mol. The third-order valence-electron chi connectivity index (χ3n) is 5.94. The van der Waals surface area contributed by atoms with Crippen LogP contribution in [0.25, 0.3) is 0 Å². The molecule has 1 saturated carbocycles. The Balaban J connectivity index is 1.61. The second-order valence-electron chi connectivity index (χ2n) is 7.76. The summed E-state index contributed by atoms with van der Waals surface area (Å²) in [6, 6.07) is 19.4. The summed E-state index contributed by atoms with van der Waals surface area (Å²) in [7, 11) is 0. The van der Waals surface area contributed by atoms with Crippen LogP contribution < -0.4 is 4.74 Å². The van der Waals surface area contributed by atoms with E-state index in [1.807, 2.05) is 0 Å². The van der Waals surface area contributed by atoms with Gasteiger partial charge in [-0.15, -0.1) is 0 Å². The van der Waals surface area contributed by atoms with Gasteiger partial charge in [-0.2, -0.15) is 5.10 Å². The average molecular weight is 332 g/mol. The van der Waals surface area contributed by atoms with Crippen molar-refractivity contribution >= 4 is 5.71 Å². The van der Waals surface area contributed by atoms with Crippen LogP contribution >= 0.6 is 0 Å². The van der Waals surface area contributed by atoms with E-state index in [0.717, 1.165) is 25.0 Å². The zero-order chi connectivity index (χ0) is 16.9. The summed E-state index contributed by atoms with van der Waals surface area (Å²) in [4.78, 5) is 0. The van der Waals surface area contributed by atoms with Gasteiger partial charge in [0.1, 0.15) is 5.75 Å². The van der Waals surface area contributed by atoms with Gasteiger partial charge in [-0.1, -0.05) is 61.9 Å². The molecule has 2 heterocycles. The maximum atomic E-state index is 6.65. The normalized spacial score (nSPS) is 30.4. The smallest absolute Gasteiger partial charge is 0.198 e. The first-order chi connectivity index (χ1) is 12.3. The van der Waals surface area contributed by atoms with Crippen LogP contribution in [-0.4, -0.2) is 16.4 Å². The Bertz CT molecular complexity index is 816. The fraction of sp³-hybridized carbons (Fsp3) is 0.409. The molecule has 3 atom stereocenters. The number of rotatable bonds is 1. The summed E-state index contributed by atoms with van der Waals surface area (Å²) in [5, 5.41) is 7.43. The largest absolute Gasteiger partial charge is 0.466 e. The molecule has 0 N–H and O–H groups in total. The highest BCUT2D eigenvalue weighted by Gasteiger charge is 2.51. The van der Waals surface area contributed by atoms with Gasteiger partial charge in [0.25, 0.3) is 0 Å². The second kappa shape index (κ2) is 5.62. The minimum atomic E-state index is -0.271. The summed E-state index contributed by atoms with van der Waals surface area (Å²) in [6.07, 6.45) is 5.58. The maximum Gasteiger partial charge on any atom is 0.198 e. The summed E-state index contributed by atoms with van der Waals surface area (Å²) < 4.78 is 6.65. The van der Waals surface area contributed by atoms with E-state index >= 15 is 0 Å². The van der Waals surface area contributed by atoms with Gasteiger partial charge in [0.05, 0.1) is 11.8 Å². The summed E-state index contributed by atoms with van der Waals surface area (Å²) in [5.41, 5.74) is 3.42. The predicted molar refractivity (Wildman–Crippen MR) is 99.6 cm³/mol. The van der Waals surface area contributed by atoms with E-state index < -0.39 is 0 Å². The lowest BCUT2D eigenvalue weighted by atomic mass is 9.81. The molecule has 2 aromatic rings. The van der Waals surface area contributed by atoms with Crippen LogP contribution in [-0.2, 0) is 0 Å². The van der Waals surface area contributed by atoms with E-state index in [-0.39, 0.29) is 5.72 Å². The molecule has 128 valence electrons. The highest BCUT2D eigenvalue weighted by atomic mass is 16.5. The van der Waals surface area contributed by atoms with Crippen molar-refractivity contribution in [2.24, 2.45) is 11.0 Å². The molecule has 5 rings (SSSR count). The molecule has 3 heteroatoms. The van der Waals surface area contributed by atoms with Crippen molar-refractivity contribution in [2.45, 2.75) is 50.8 Å². The molecule has 0 unspecified atom stereocenters. The average Bonchev–Trinajstić information content (AvgIpc) is 3.09. The third kappa shape index (κ3) is 2.37. The van der Waals surface area contributed by atoms with Crippen molar-refractivity contribution in [3.05, 3.63) is 65.7 Å². The topological polar surface area (TPSA) is 24.8 Å². The first-order valence-electron chi connectivity index (χ1n) is 9.45. The Morgan fingerprint density at radius 3 is 2.72 bits per heavy atom. The van der Waals surface area contributed by atoms with Gasteiger partial charge in [0, 0.05) is 24.8 Å². The van der Waals surface area contributed by atoms with Crippen LogP contribution in [0.1, 0.15) is 56.2 Å². The molecule has 0 saturated heterocycles. The molecule has 1 aliphatic carbocycles. The van der Waals surface area contributed by atoms with Crippen molar-refractivity contribution < 1.29 is 4.74 Å². The fourth-order valence-electron chi connectivity index (χ4n) is 4.81. The molecular formula is C22H24N2O. The van der Waals surface area contributed by atoms with E-state index in [2.05, 4.69) is 66.5 Å².